The van der Waals surface area contributed by atoms with Gasteiger partial charge in [-0.3, -0.25) is 16.3 Å². The van der Waals surface area contributed by atoms with E-state index in [9.17, 15) is 0 Å². The molecule has 3 N–H and O–H groups in total. The number of aromatic nitrogens is 1. The third kappa shape index (κ3) is 1.77. The molecule has 2 aliphatic carbocycles. The van der Waals surface area contributed by atoms with Crippen LogP contribution in [-0.4, -0.2) is 4.98 Å². The van der Waals surface area contributed by atoms with Crippen LogP contribution in [0.3, 0.4) is 0 Å². The molecule has 3 unspecified atom stereocenters. The van der Waals surface area contributed by atoms with E-state index in [1.54, 1.807) is 0 Å². The Bertz CT molecular complexity index is 600. The predicted octanol–water partition coefficient (Wildman–Crippen LogP) is 2.79. The first-order valence-electron chi connectivity index (χ1n) is 7.19. The Morgan fingerprint density at radius 3 is 2.84 bits per heavy atom. The fourth-order valence-electron chi connectivity index (χ4n) is 4.08. The van der Waals surface area contributed by atoms with E-state index in [-0.39, 0.29) is 0 Å². The van der Waals surface area contributed by atoms with E-state index in [2.05, 4.69) is 34.7 Å². The Morgan fingerprint density at radius 1 is 1.21 bits per heavy atom. The summed E-state index contributed by atoms with van der Waals surface area (Å²) in [7, 11) is 0. The normalized spacial score (nSPS) is 30.3. The number of benzene rings is 1. The highest BCUT2D eigenvalue weighted by Gasteiger charge is 2.55. The summed E-state index contributed by atoms with van der Waals surface area (Å²) in [6, 6.07) is 10.9. The molecule has 1 aromatic heterocycles. The number of rotatable bonds is 3. The van der Waals surface area contributed by atoms with Crippen LogP contribution in [0.4, 0.5) is 0 Å². The summed E-state index contributed by atoms with van der Waals surface area (Å²) in [6.45, 7) is 0. The molecule has 3 heteroatoms. The van der Waals surface area contributed by atoms with Gasteiger partial charge < -0.3 is 0 Å². The molecule has 2 aliphatic rings. The number of fused-ring (bicyclic) bond motifs is 2. The van der Waals surface area contributed by atoms with Gasteiger partial charge in [0.2, 0.25) is 0 Å². The molecule has 0 amide bonds. The summed E-state index contributed by atoms with van der Waals surface area (Å²) in [5.41, 5.74) is 5.39. The van der Waals surface area contributed by atoms with Crippen LogP contribution in [0.1, 0.15) is 30.9 Å². The fraction of sp³-hybridized carbons (Fsp3) is 0.438. The predicted molar refractivity (Wildman–Crippen MR) is 76.1 cm³/mol. The van der Waals surface area contributed by atoms with Gasteiger partial charge in [0.1, 0.15) is 0 Å². The van der Waals surface area contributed by atoms with Crippen molar-refractivity contribution < 1.29 is 0 Å². The monoisotopic (exact) mass is 253 g/mol. The van der Waals surface area contributed by atoms with Gasteiger partial charge in [0.15, 0.2) is 0 Å². The average molecular weight is 253 g/mol. The quantitative estimate of drug-likeness (QED) is 0.653. The lowest BCUT2D eigenvalue weighted by Gasteiger charge is -2.18. The van der Waals surface area contributed by atoms with Gasteiger partial charge in [-0.15, -0.1) is 0 Å². The SMILES string of the molecule is NNC(c1ccc2cccnc2c1)C1C2CCCC21. The maximum Gasteiger partial charge on any atom is 0.0705 e. The van der Waals surface area contributed by atoms with Crippen molar-refractivity contribution in [2.24, 2.45) is 23.6 Å². The highest BCUT2D eigenvalue weighted by molar-refractivity contribution is 5.79. The minimum absolute atomic E-state index is 0.293. The van der Waals surface area contributed by atoms with Crippen LogP contribution in [0.2, 0.25) is 0 Å². The molecule has 1 aromatic carbocycles. The molecule has 0 radical (unpaired) electrons. The molecular formula is C16H19N3. The van der Waals surface area contributed by atoms with Gasteiger partial charge in [-0.2, -0.15) is 0 Å². The first kappa shape index (κ1) is 11.4. The van der Waals surface area contributed by atoms with Crippen LogP contribution in [-0.2, 0) is 0 Å². The first-order valence-corrected chi connectivity index (χ1v) is 7.19. The fourth-order valence-corrected chi connectivity index (χ4v) is 4.08. The van der Waals surface area contributed by atoms with Gasteiger partial charge in [-0.1, -0.05) is 24.6 Å². The Morgan fingerprint density at radius 2 is 2.05 bits per heavy atom. The van der Waals surface area contributed by atoms with Gasteiger partial charge in [0.25, 0.3) is 0 Å². The summed E-state index contributed by atoms with van der Waals surface area (Å²) < 4.78 is 0. The molecule has 0 saturated heterocycles. The van der Waals surface area contributed by atoms with E-state index in [1.165, 1.54) is 30.2 Å². The Hall–Kier alpha value is -1.45. The highest BCUT2D eigenvalue weighted by atomic mass is 15.2. The first-order chi connectivity index (χ1) is 9.38. The number of hydrazine groups is 1. The summed E-state index contributed by atoms with van der Waals surface area (Å²) in [5.74, 6) is 8.37. The van der Waals surface area contributed by atoms with Crippen molar-refractivity contribution >= 4 is 10.9 Å². The van der Waals surface area contributed by atoms with Crippen LogP contribution >= 0.6 is 0 Å². The van der Waals surface area contributed by atoms with Crippen molar-refractivity contribution in [1.29, 1.82) is 0 Å². The zero-order valence-corrected chi connectivity index (χ0v) is 10.9. The molecule has 98 valence electrons. The molecular weight excluding hydrogens is 234 g/mol. The lowest BCUT2D eigenvalue weighted by atomic mass is 9.96. The Balaban J connectivity index is 1.68. The molecule has 0 aliphatic heterocycles. The largest absolute Gasteiger partial charge is 0.271 e. The molecule has 3 atom stereocenters. The molecule has 2 fully saturated rings. The van der Waals surface area contributed by atoms with Crippen molar-refractivity contribution in [2.75, 3.05) is 0 Å². The van der Waals surface area contributed by atoms with E-state index in [1.807, 2.05) is 12.3 Å². The van der Waals surface area contributed by atoms with E-state index in [0.717, 1.165) is 23.3 Å². The lowest BCUT2D eigenvalue weighted by molar-refractivity contribution is 0.425. The number of nitrogens with two attached hydrogens (primary N) is 1. The average Bonchev–Trinajstić information content (AvgIpc) is 2.92. The van der Waals surface area contributed by atoms with Crippen molar-refractivity contribution in [3.05, 3.63) is 42.1 Å². The van der Waals surface area contributed by atoms with Crippen LogP contribution in [0.5, 0.6) is 0 Å². The zero-order valence-electron chi connectivity index (χ0n) is 10.9. The van der Waals surface area contributed by atoms with Gasteiger partial charge >= 0.3 is 0 Å². The van der Waals surface area contributed by atoms with Gasteiger partial charge in [0, 0.05) is 17.6 Å². The van der Waals surface area contributed by atoms with Gasteiger partial charge in [-0.25, -0.2) is 0 Å². The summed E-state index contributed by atoms with van der Waals surface area (Å²) >= 11 is 0. The number of hydrogen-bond donors (Lipinski definition) is 2. The molecule has 2 aromatic rings. The van der Waals surface area contributed by atoms with Crippen LogP contribution in [0, 0.1) is 17.8 Å². The van der Waals surface area contributed by atoms with Crippen molar-refractivity contribution in [3.63, 3.8) is 0 Å². The second kappa shape index (κ2) is 4.29. The molecule has 1 heterocycles. The Kier molecular flexibility index (Phi) is 2.57. The minimum Gasteiger partial charge on any atom is -0.271 e. The van der Waals surface area contributed by atoms with E-state index in [0.29, 0.717) is 6.04 Å². The highest BCUT2D eigenvalue weighted by Crippen LogP contribution is 2.62. The lowest BCUT2D eigenvalue weighted by Crippen LogP contribution is -2.30. The third-order valence-corrected chi connectivity index (χ3v) is 5.03. The standard InChI is InChI=1S/C16H19N3/c17-19-16(15-12-4-1-5-13(12)15)11-7-6-10-3-2-8-18-14(10)9-11/h2-3,6-9,12-13,15-16,19H,1,4-5,17H2. The molecule has 4 rings (SSSR count). The maximum absolute atomic E-state index is 5.82. The minimum atomic E-state index is 0.293. The van der Waals surface area contributed by atoms with Crippen molar-refractivity contribution in [2.45, 2.75) is 25.3 Å². The second-order valence-corrected chi connectivity index (χ2v) is 5.94. The van der Waals surface area contributed by atoms with Crippen LogP contribution in [0.15, 0.2) is 36.5 Å². The van der Waals surface area contributed by atoms with Crippen LogP contribution in [0.25, 0.3) is 10.9 Å². The molecule has 0 spiro atoms. The van der Waals surface area contributed by atoms with Crippen molar-refractivity contribution in [1.82, 2.24) is 10.4 Å². The number of pyridine rings is 1. The summed E-state index contributed by atoms with van der Waals surface area (Å²) in [5, 5.41) is 1.19. The van der Waals surface area contributed by atoms with Gasteiger partial charge in [0.05, 0.1) is 5.52 Å². The summed E-state index contributed by atoms with van der Waals surface area (Å²) in [6.07, 6.45) is 6.03. The smallest absolute Gasteiger partial charge is 0.0705 e. The molecule has 19 heavy (non-hydrogen) atoms. The van der Waals surface area contributed by atoms with E-state index in [4.69, 9.17) is 5.84 Å². The van der Waals surface area contributed by atoms with Crippen LogP contribution < -0.4 is 11.3 Å². The number of hydrogen-bond acceptors (Lipinski definition) is 3. The molecule has 3 nitrogen and oxygen atoms in total. The maximum atomic E-state index is 5.82. The third-order valence-electron chi connectivity index (χ3n) is 5.03. The van der Waals surface area contributed by atoms with Gasteiger partial charge in [-0.05, 0) is 48.3 Å². The van der Waals surface area contributed by atoms with E-state index < -0.39 is 0 Å². The van der Waals surface area contributed by atoms with E-state index >= 15 is 0 Å². The number of nitrogens with one attached hydrogen (secondary N) is 1. The zero-order chi connectivity index (χ0) is 12.8. The molecule has 2 saturated carbocycles. The van der Waals surface area contributed by atoms with Crippen molar-refractivity contribution in [3.8, 4) is 0 Å². The molecule has 0 bridgehead atoms. The topological polar surface area (TPSA) is 50.9 Å². The summed E-state index contributed by atoms with van der Waals surface area (Å²) in [4.78, 5) is 4.44. The number of nitrogens with zero attached hydrogens (tertiary/aromatic N) is 1. The second-order valence-electron chi connectivity index (χ2n) is 5.94. The Labute approximate surface area is 113 Å².